The summed E-state index contributed by atoms with van der Waals surface area (Å²) in [6, 6.07) is 0. The first-order chi connectivity index (χ1) is 17.1. The largest absolute Gasteiger partial charge is 0.481 e. The van der Waals surface area contributed by atoms with Crippen molar-refractivity contribution < 1.29 is 24.2 Å². The van der Waals surface area contributed by atoms with E-state index in [1.54, 1.807) is 0 Å². The van der Waals surface area contributed by atoms with Crippen LogP contribution in [-0.4, -0.2) is 28.9 Å². The number of hydrogen-bond acceptors (Lipinski definition) is 4. The maximum absolute atomic E-state index is 14.3. The van der Waals surface area contributed by atoms with Crippen molar-refractivity contribution in [1.82, 2.24) is 0 Å². The molecule has 1 N–H and O–H groups in total. The van der Waals surface area contributed by atoms with Crippen molar-refractivity contribution in [1.29, 1.82) is 0 Å². The zero-order chi connectivity index (χ0) is 27.6. The Labute approximate surface area is 224 Å². The number of carboxylic acid groups (broad SMARTS) is 1. The van der Waals surface area contributed by atoms with Gasteiger partial charge in [0.05, 0.1) is 5.41 Å². The van der Waals surface area contributed by atoms with Gasteiger partial charge in [-0.2, -0.15) is 0 Å². The number of carboxylic acids is 1. The van der Waals surface area contributed by atoms with Gasteiger partial charge in [0.15, 0.2) is 0 Å². The number of ketones is 1. The SMILES string of the molecule is CC(=O)O[C@H]1CC[C@]2(C(=O)O)[C@H]3C(=O)C[C@]4(C)[C@@H]([C@H](C)CCCC(C)C)CC[C@@]4(C)[C@@H]3CC[C@H]2C1(C)C. The van der Waals surface area contributed by atoms with Crippen LogP contribution in [0.1, 0.15) is 120 Å². The molecule has 0 amide bonds. The molecule has 0 aromatic heterocycles. The Morgan fingerprint density at radius 2 is 1.65 bits per heavy atom. The first kappa shape index (κ1) is 28.6. The van der Waals surface area contributed by atoms with Crippen LogP contribution < -0.4 is 0 Å². The predicted octanol–water partition coefficient (Wildman–Crippen LogP) is 7.31. The summed E-state index contributed by atoms with van der Waals surface area (Å²) >= 11 is 0. The number of carbonyl (C=O) groups is 3. The van der Waals surface area contributed by atoms with Gasteiger partial charge in [0, 0.05) is 24.7 Å². The molecule has 4 fully saturated rings. The average Bonchev–Trinajstić information content (AvgIpc) is 3.05. The molecule has 0 saturated heterocycles. The fourth-order valence-electron chi connectivity index (χ4n) is 10.5. The monoisotopic (exact) mass is 516 g/mol. The first-order valence-corrected chi connectivity index (χ1v) is 15.1. The molecule has 210 valence electrons. The Morgan fingerprint density at radius 1 is 0.973 bits per heavy atom. The van der Waals surface area contributed by atoms with Crippen LogP contribution in [0.25, 0.3) is 0 Å². The minimum absolute atomic E-state index is 0.0210. The highest BCUT2D eigenvalue weighted by Gasteiger charge is 2.73. The van der Waals surface area contributed by atoms with E-state index >= 15 is 0 Å². The van der Waals surface area contributed by atoms with Gasteiger partial charge in [-0.15, -0.1) is 0 Å². The summed E-state index contributed by atoms with van der Waals surface area (Å²) in [6.07, 6.45) is 8.76. The number of ether oxygens (including phenoxy) is 1. The fraction of sp³-hybridized carbons (Fsp3) is 0.906. The Kier molecular flexibility index (Phi) is 7.47. The molecule has 0 radical (unpaired) electrons. The van der Waals surface area contributed by atoms with Gasteiger partial charge in [-0.05, 0) is 78.9 Å². The molecule has 37 heavy (non-hydrogen) atoms. The first-order valence-electron chi connectivity index (χ1n) is 15.1. The minimum atomic E-state index is -1.06. The minimum Gasteiger partial charge on any atom is -0.481 e. The number of hydrogen-bond donors (Lipinski definition) is 1. The number of carbonyl (C=O) groups excluding carboxylic acids is 2. The van der Waals surface area contributed by atoms with Crippen molar-refractivity contribution in [2.24, 2.45) is 57.2 Å². The van der Waals surface area contributed by atoms with Gasteiger partial charge < -0.3 is 9.84 Å². The second kappa shape index (κ2) is 9.66. The standard InChI is InChI=1S/C32H52O5/c1-19(2)10-9-11-20(3)22-14-16-30(7)23-12-13-25-29(5,6)26(37-21(4)33)15-17-32(25,28(35)36)27(23)24(34)18-31(22,30)8/h19-20,22-23,25-27H,9-18H2,1-8H3,(H,35,36)/t20-,22-,23-,25+,26+,27-,30+,31-,32-/m1/s1. The van der Waals surface area contributed by atoms with Gasteiger partial charge >= 0.3 is 11.9 Å². The summed E-state index contributed by atoms with van der Waals surface area (Å²) in [7, 11) is 0. The quantitative estimate of drug-likeness (QED) is 0.359. The number of esters is 1. The van der Waals surface area contributed by atoms with E-state index in [0.29, 0.717) is 31.1 Å². The molecule has 0 spiro atoms. The van der Waals surface area contributed by atoms with Crippen LogP contribution in [-0.2, 0) is 19.1 Å². The third-order valence-corrected chi connectivity index (χ3v) is 12.5. The van der Waals surface area contributed by atoms with E-state index in [-0.39, 0.29) is 40.5 Å². The summed E-state index contributed by atoms with van der Waals surface area (Å²) in [5.74, 6) is 0.387. The molecule has 0 bridgehead atoms. The zero-order valence-corrected chi connectivity index (χ0v) is 24.7. The van der Waals surface area contributed by atoms with Gasteiger partial charge in [0.1, 0.15) is 11.9 Å². The van der Waals surface area contributed by atoms with Crippen molar-refractivity contribution in [3.8, 4) is 0 Å². The van der Waals surface area contributed by atoms with E-state index in [1.807, 2.05) is 0 Å². The van der Waals surface area contributed by atoms with Crippen LogP contribution in [0.15, 0.2) is 0 Å². The molecule has 5 heteroatoms. The lowest BCUT2D eigenvalue weighted by atomic mass is 9.37. The fourth-order valence-corrected chi connectivity index (χ4v) is 10.5. The molecule has 0 heterocycles. The predicted molar refractivity (Wildman–Crippen MR) is 145 cm³/mol. The Balaban J connectivity index is 1.67. The van der Waals surface area contributed by atoms with E-state index < -0.39 is 22.7 Å². The van der Waals surface area contributed by atoms with Crippen LogP contribution in [0.2, 0.25) is 0 Å². The van der Waals surface area contributed by atoms with E-state index in [1.165, 1.54) is 26.2 Å². The van der Waals surface area contributed by atoms with Crippen LogP contribution in [0.5, 0.6) is 0 Å². The highest BCUT2D eigenvalue weighted by Crippen LogP contribution is 2.74. The normalized spacial score (nSPS) is 43.5. The van der Waals surface area contributed by atoms with Crippen LogP contribution in [0.3, 0.4) is 0 Å². The molecule has 0 aromatic rings. The third kappa shape index (κ3) is 4.20. The Bertz CT molecular complexity index is 922. The lowest BCUT2D eigenvalue weighted by molar-refractivity contribution is -0.220. The van der Waals surface area contributed by atoms with E-state index in [0.717, 1.165) is 31.6 Å². The summed E-state index contributed by atoms with van der Waals surface area (Å²) in [4.78, 5) is 39.4. The van der Waals surface area contributed by atoms with Crippen LogP contribution >= 0.6 is 0 Å². The Morgan fingerprint density at radius 3 is 2.24 bits per heavy atom. The molecule has 0 aliphatic heterocycles. The van der Waals surface area contributed by atoms with Crippen molar-refractivity contribution >= 4 is 17.7 Å². The molecule has 5 nitrogen and oxygen atoms in total. The average molecular weight is 517 g/mol. The summed E-state index contributed by atoms with van der Waals surface area (Å²) < 4.78 is 5.72. The molecule has 0 unspecified atom stereocenters. The highest BCUT2D eigenvalue weighted by atomic mass is 16.5. The lowest BCUT2D eigenvalue weighted by Crippen LogP contribution is -2.67. The van der Waals surface area contributed by atoms with Gasteiger partial charge in [-0.3, -0.25) is 14.4 Å². The third-order valence-electron chi connectivity index (χ3n) is 12.5. The van der Waals surface area contributed by atoms with Crippen molar-refractivity contribution in [2.45, 2.75) is 126 Å². The summed E-state index contributed by atoms with van der Waals surface area (Å²) in [6.45, 7) is 17.3. The number of rotatable bonds is 7. The zero-order valence-electron chi connectivity index (χ0n) is 24.7. The van der Waals surface area contributed by atoms with E-state index in [2.05, 4.69) is 48.5 Å². The van der Waals surface area contributed by atoms with Gasteiger partial charge in [-0.1, -0.05) is 67.7 Å². The molecular weight excluding hydrogens is 464 g/mol. The van der Waals surface area contributed by atoms with Crippen molar-refractivity contribution in [3.05, 3.63) is 0 Å². The lowest BCUT2D eigenvalue weighted by Gasteiger charge is -2.65. The van der Waals surface area contributed by atoms with E-state index in [4.69, 9.17) is 4.74 Å². The highest BCUT2D eigenvalue weighted by molar-refractivity contribution is 5.91. The molecule has 0 aromatic carbocycles. The van der Waals surface area contributed by atoms with Gasteiger partial charge in [0.25, 0.3) is 0 Å². The maximum atomic E-state index is 14.3. The van der Waals surface area contributed by atoms with Crippen molar-refractivity contribution in [2.75, 3.05) is 0 Å². The molecule has 9 atom stereocenters. The topological polar surface area (TPSA) is 80.7 Å². The van der Waals surface area contributed by atoms with Crippen molar-refractivity contribution in [3.63, 3.8) is 0 Å². The van der Waals surface area contributed by atoms with Crippen LogP contribution in [0, 0.1) is 57.2 Å². The number of Topliss-reactive ketones (excluding diaryl/α,β-unsaturated/α-hetero) is 1. The second-order valence-corrected chi connectivity index (χ2v) is 14.9. The summed E-state index contributed by atoms with van der Waals surface area (Å²) in [5, 5.41) is 10.9. The second-order valence-electron chi connectivity index (χ2n) is 14.9. The molecular formula is C32H52O5. The van der Waals surface area contributed by atoms with E-state index in [9.17, 15) is 19.5 Å². The number of fused-ring (bicyclic) bond motifs is 5. The Hall–Kier alpha value is -1.39. The maximum Gasteiger partial charge on any atom is 0.310 e. The van der Waals surface area contributed by atoms with Gasteiger partial charge in [-0.25, -0.2) is 0 Å². The number of aliphatic carboxylic acids is 1. The molecule has 4 rings (SSSR count). The smallest absolute Gasteiger partial charge is 0.310 e. The van der Waals surface area contributed by atoms with Crippen LogP contribution in [0.4, 0.5) is 0 Å². The summed E-state index contributed by atoms with van der Waals surface area (Å²) in [5.41, 5.74) is -1.64. The molecule has 4 aliphatic rings. The molecule has 4 aliphatic carbocycles. The molecule has 4 saturated carbocycles. The van der Waals surface area contributed by atoms with Gasteiger partial charge in [0.2, 0.25) is 0 Å².